The van der Waals surface area contributed by atoms with E-state index in [0.717, 1.165) is 12.0 Å². The van der Waals surface area contributed by atoms with Crippen LogP contribution >= 0.6 is 0 Å². The predicted molar refractivity (Wildman–Crippen MR) is 92.3 cm³/mol. The van der Waals surface area contributed by atoms with Crippen molar-refractivity contribution in [3.05, 3.63) is 23.8 Å². The molecule has 23 heavy (non-hydrogen) atoms. The van der Waals surface area contributed by atoms with Crippen LogP contribution < -0.4 is 5.32 Å². The van der Waals surface area contributed by atoms with Crippen molar-refractivity contribution in [3.63, 3.8) is 0 Å². The summed E-state index contributed by atoms with van der Waals surface area (Å²) in [7, 11) is 1.42. The van der Waals surface area contributed by atoms with E-state index in [0.29, 0.717) is 19.4 Å². The molecular weight excluding hydrogens is 294 g/mol. The van der Waals surface area contributed by atoms with Gasteiger partial charge in [0.25, 0.3) is 0 Å². The van der Waals surface area contributed by atoms with Crippen molar-refractivity contribution >= 4 is 0 Å². The monoisotopic (exact) mass is 325 g/mol. The molecule has 0 saturated heterocycles. The van der Waals surface area contributed by atoms with Crippen molar-refractivity contribution in [2.45, 2.75) is 45.6 Å². The molecule has 132 valence electrons. The summed E-state index contributed by atoms with van der Waals surface area (Å²) in [6, 6.07) is 0. The minimum Gasteiger partial charge on any atom is -0.396 e. The van der Waals surface area contributed by atoms with Gasteiger partial charge in [0, 0.05) is 26.7 Å². The zero-order chi connectivity index (χ0) is 17.7. The number of nitrogens with one attached hydrogen (secondary N) is 1. The highest BCUT2D eigenvalue weighted by Crippen LogP contribution is 2.21. The maximum atomic E-state index is 10.1. The number of allylic oxidation sites excluding steroid dienone is 3. The number of aliphatic hydroxyl groups excluding tert-OH is 3. The van der Waals surface area contributed by atoms with E-state index in [2.05, 4.69) is 18.2 Å². The Kier molecular flexibility index (Phi) is 12.6. The number of methoxy groups -OCH3 is 1. The second kappa shape index (κ2) is 13.3. The molecule has 0 spiro atoms. The first-order valence-electron chi connectivity index (χ1n) is 8.07. The van der Waals surface area contributed by atoms with E-state index >= 15 is 0 Å². The second-order valence-electron chi connectivity index (χ2n) is 5.34. The summed E-state index contributed by atoms with van der Waals surface area (Å²) in [5, 5.41) is 31.4. The molecule has 0 aliphatic heterocycles. The van der Waals surface area contributed by atoms with Crippen molar-refractivity contribution in [2.24, 2.45) is 11.8 Å². The van der Waals surface area contributed by atoms with E-state index in [9.17, 15) is 10.2 Å². The standard InChI is InChI=1S/C18H31NO4/c1-5-14(15(6-2)11-13-20)8-9-16(7-3)18(22)19-12-10-17(21)23-4/h3,5,8-9,15-22H,6,10-13H2,1-2,4H3/b9-8-,14-5+. The van der Waals surface area contributed by atoms with Crippen molar-refractivity contribution in [2.75, 3.05) is 20.3 Å². The molecule has 0 saturated carbocycles. The molecule has 0 radical (unpaired) electrons. The van der Waals surface area contributed by atoms with Gasteiger partial charge in [-0.25, -0.2) is 0 Å². The lowest BCUT2D eigenvalue weighted by atomic mass is 9.91. The van der Waals surface area contributed by atoms with E-state index in [1.165, 1.54) is 7.11 Å². The third-order valence-corrected chi connectivity index (χ3v) is 3.82. The molecule has 0 aliphatic rings. The van der Waals surface area contributed by atoms with Crippen molar-refractivity contribution in [1.29, 1.82) is 0 Å². The van der Waals surface area contributed by atoms with Crippen LogP contribution in [0.5, 0.6) is 0 Å². The lowest BCUT2D eigenvalue weighted by molar-refractivity contribution is -0.0790. The summed E-state index contributed by atoms with van der Waals surface area (Å²) in [6.45, 7) is 4.56. The Morgan fingerprint density at radius 2 is 2.04 bits per heavy atom. The molecule has 0 heterocycles. The molecular formula is C18H31NO4. The topological polar surface area (TPSA) is 82.0 Å². The fraction of sp³-hybridized carbons (Fsp3) is 0.667. The van der Waals surface area contributed by atoms with Crippen molar-refractivity contribution < 1.29 is 20.1 Å². The normalized spacial score (nSPS) is 17.7. The molecule has 4 unspecified atom stereocenters. The summed E-state index contributed by atoms with van der Waals surface area (Å²) < 4.78 is 4.73. The predicted octanol–water partition coefficient (Wildman–Crippen LogP) is 1.41. The van der Waals surface area contributed by atoms with E-state index in [4.69, 9.17) is 16.3 Å². The Morgan fingerprint density at radius 1 is 1.35 bits per heavy atom. The number of aliphatic hydroxyl groups is 3. The molecule has 0 rings (SSSR count). The zero-order valence-electron chi connectivity index (χ0n) is 14.4. The maximum Gasteiger partial charge on any atom is 0.155 e. The van der Waals surface area contributed by atoms with Crippen LogP contribution in [-0.2, 0) is 4.74 Å². The molecule has 5 nitrogen and oxygen atoms in total. The number of ether oxygens (including phenoxy) is 1. The second-order valence-corrected chi connectivity index (χ2v) is 5.34. The van der Waals surface area contributed by atoms with Crippen LogP contribution in [0.15, 0.2) is 23.8 Å². The van der Waals surface area contributed by atoms with Crippen LogP contribution in [0.4, 0.5) is 0 Å². The van der Waals surface area contributed by atoms with E-state index in [1.54, 1.807) is 6.08 Å². The van der Waals surface area contributed by atoms with Crippen LogP contribution in [0.2, 0.25) is 0 Å². The lowest BCUT2D eigenvalue weighted by Gasteiger charge is -2.19. The minimum atomic E-state index is -0.892. The van der Waals surface area contributed by atoms with Gasteiger partial charge < -0.3 is 20.1 Å². The Balaban J connectivity index is 4.62. The number of rotatable bonds is 12. The Hall–Kier alpha value is -1.16. The molecule has 4 atom stereocenters. The van der Waals surface area contributed by atoms with Gasteiger partial charge >= 0.3 is 0 Å². The quantitative estimate of drug-likeness (QED) is 0.248. The summed E-state index contributed by atoms with van der Waals surface area (Å²) in [5.41, 5.74) is 1.10. The highest BCUT2D eigenvalue weighted by molar-refractivity contribution is 5.24. The lowest BCUT2D eigenvalue weighted by Crippen LogP contribution is -2.36. The van der Waals surface area contributed by atoms with Crippen LogP contribution in [-0.4, -0.2) is 48.1 Å². The van der Waals surface area contributed by atoms with E-state index < -0.39 is 18.4 Å². The molecule has 0 aliphatic carbocycles. The van der Waals surface area contributed by atoms with Gasteiger partial charge in [0.15, 0.2) is 6.29 Å². The highest BCUT2D eigenvalue weighted by Gasteiger charge is 2.15. The molecule has 0 aromatic carbocycles. The molecule has 0 aromatic heterocycles. The van der Waals surface area contributed by atoms with Gasteiger partial charge in [-0.15, -0.1) is 6.42 Å². The Bertz CT molecular complexity index is 400. The molecule has 0 amide bonds. The number of hydrogen-bond donors (Lipinski definition) is 4. The molecule has 5 heteroatoms. The highest BCUT2D eigenvalue weighted by atomic mass is 16.6. The van der Waals surface area contributed by atoms with Crippen LogP contribution in [0, 0.1) is 24.2 Å². The average molecular weight is 325 g/mol. The third-order valence-electron chi connectivity index (χ3n) is 3.82. The van der Waals surface area contributed by atoms with E-state index in [1.807, 2.05) is 19.1 Å². The van der Waals surface area contributed by atoms with Gasteiger partial charge in [0.1, 0.15) is 6.23 Å². The number of terminal acetylenes is 1. The van der Waals surface area contributed by atoms with Crippen molar-refractivity contribution in [1.82, 2.24) is 5.32 Å². The molecule has 4 N–H and O–H groups in total. The maximum absolute atomic E-state index is 10.1. The fourth-order valence-corrected chi connectivity index (χ4v) is 2.30. The fourth-order valence-electron chi connectivity index (χ4n) is 2.30. The molecule has 0 fully saturated rings. The summed E-state index contributed by atoms with van der Waals surface area (Å²) in [6.07, 6.45) is 11.5. The third kappa shape index (κ3) is 8.89. The number of hydrogen-bond acceptors (Lipinski definition) is 5. The van der Waals surface area contributed by atoms with Gasteiger partial charge in [-0.05, 0) is 31.3 Å². The minimum absolute atomic E-state index is 0.147. The van der Waals surface area contributed by atoms with Gasteiger partial charge in [0.2, 0.25) is 0 Å². The first-order valence-corrected chi connectivity index (χ1v) is 8.07. The van der Waals surface area contributed by atoms with Crippen LogP contribution in [0.1, 0.15) is 33.1 Å². The first kappa shape index (κ1) is 21.8. The largest absolute Gasteiger partial charge is 0.396 e. The summed E-state index contributed by atoms with van der Waals surface area (Å²) in [4.78, 5) is 0. The summed E-state index contributed by atoms with van der Waals surface area (Å²) in [5.74, 6) is 2.36. The SMILES string of the molecule is C#CC(/C=C\C(=C/C)C(CC)CCO)C(O)NCCC(O)OC. The average Bonchev–Trinajstić information content (AvgIpc) is 2.56. The van der Waals surface area contributed by atoms with E-state index in [-0.39, 0.29) is 12.5 Å². The van der Waals surface area contributed by atoms with Crippen molar-refractivity contribution in [3.8, 4) is 12.3 Å². The molecule has 0 bridgehead atoms. The summed E-state index contributed by atoms with van der Waals surface area (Å²) >= 11 is 0. The van der Waals surface area contributed by atoms with Crippen LogP contribution in [0.3, 0.4) is 0 Å². The van der Waals surface area contributed by atoms with Gasteiger partial charge in [-0.3, -0.25) is 5.32 Å². The zero-order valence-corrected chi connectivity index (χ0v) is 14.4. The molecule has 0 aromatic rings. The van der Waals surface area contributed by atoms with Crippen LogP contribution in [0.25, 0.3) is 0 Å². The smallest absolute Gasteiger partial charge is 0.155 e. The Labute approximate surface area is 140 Å². The van der Waals surface area contributed by atoms with Gasteiger partial charge in [-0.1, -0.05) is 31.1 Å². The van der Waals surface area contributed by atoms with Gasteiger partial charge in [0.05, 0.1) is 5.92 Å². The van der Waals surface area contributed by atoms with Gasteiger partial charge in [-0.2, -0.15) is 0 Å². The Morgan fingerprint density at radius 3 is 2.52 bits per heavy atom. The first-order chi connectivity index (χ1) is 11.0.